The number of carbonyl (C=O) groups is 1. The van der Waals surface area contributed by atoms with Crippen molar-refractivity contribution >= 4 is 5.91 Å². The molecule has 2 rings (SSSR count). The summed E-state index contributed by atoms with van der Waals surface area (Å²) < 4.78 is 5.78. The lowest BCUT2D eigenvalue weighted by molar-refractivity contribution is 0.1000. The van der Waals surface area contributed by atoms with Gasteiger partial charge in [0.2, 0.25) is 5.91 Å². The lowest BCUT2D eigenvalue weighted by Gasteiger charge is -2.09. The van der Waals surface area contributed by atoms with E-state index >= 15 is 0 Å². The van der Waals surface area contributed by atoms with Crippen molar-refractivity contribution in [3.05, 3.63) is 65.2 Å². The van der Waals surface area contributed by atoms with Crippen LogP contribution < -0.4 is 15.8 Å². The molecule has 0 aliphatic carbocycles. The molecule has 0 aromatic heterocycles. The van der Waals surface area contributed by atoms with Crippen LogP contribution in [0.1, 0.15) is 41.8 Å². The molecule has 1 amide bonds. The van der Waals surface area contributed by atoms with E-state index in [1.165, 1.54) is 12.0 Å². The molecule has 25 heavy (non-hydrogen) atoms. The van der Waals surface area contributed by atoms with Crippen molar-refractivity contribution in [1.29, 1.82) is 0 Å². The van der Waals surface area contributed by atoms with Crippen LogP contribution in [0.5, 0.6) is 5.75 Å². The van der Waals surface area contributed by atoms with E-state index in [1.54, 1.807) is 24.3 Å². The van der Waals surface area contributed by atoms with E-state index in [9.17, 15) is 4.79 Å². The first-order valence-electron chi connectivity index (χ1n) is 8.86. The Balaban J connectivity index is 1.79. The number of ether oxygens (including phenoxy) is 1. The van der Waals surface area contributed by atoms with Crippen molar-refractivity contribution in [3.8, 4) is 5.75 Å². The molecule has 4 heteroatoms. The third-order valence-electron chi connectivity index (χ3n) is 4.02. The summed E-state index contributed by atoms with van der Waals surface area (Å²) in [5.41, 5.74) is 8.16. The molecule has 0 atom stereocenters. The van der Waals surface area contributed by atoms with Gasteiger partial charge in [-0.05, 0) is 67.2 Å². The number of nitrogens with two attached hydrogens (primary N) is 1. The molecule has 2 aromatic rings. The predicted octanol–water partition coefficient (Wildman–Crippen LogP) is 3.54. The molecule has 0 radical (unpaired) electrons. The Morgan fingerprint density at radius 3 is 2.48 bits per heavy atom. The van der Waals surface area contributed by atoms with E-state index in [1.807, 2.05) is 0 Å². The highest BCUT2D eigenvalue weighted by Crippen LogP contribution is 2.15. The van der Waals surface area contributed by atoms with E-state index < -0.39 is 5.91 Å². The van der Waals surface area contributed by atoms with E-state index in [2.05, 4.69) is 43.4 Å². The first-order valence-corrected chi connectivity index (χ1v) is 8.86. The normalized spacial score (nSPS) is 10.8. The van der Waals surface area contributed by atoms with Crippen LogP contribution in [-0.2, 0) is 13.0 Å². The summed E-state index contributed by atoms with van der Waals surface area (Å²) in [6.07, 6.45) is 2.22. The van der Waals surface area contributed by atoms with Gasteiger partial charge >= 0.3 is 0 Å². The molecule has 0 spiro atoms. The van der Waals surface area contributed by atoms with E-state index in [-0.39, 0.29) is 0 Å². The van der Waals surface area contributed by atoms with Gasteiger partial charge in [0.25, 0.3) is 0 Å². The standard InChI is InChI=1S/C21H28N2O2/c1-16(2)10-12-23-13-11-17-4-3-5-18(14-17)15-25-20-8-6-19(7-9-20)21(22)24/h3-9,14,16,23H,10-13,15H2,1-2H3,(H2,22,24). The highest BCUT2D eigenvalue weighted by Gasteiger charge is 2.02. The van der Waals surface area contributed by atoms with Crippen LogP contribution in [0.4, 0.5) is 0 Å². The molecular formula is C21H28N2O2. The second kappa shape index (κ2) is 9.84. The van der Waals surface area contributed by atoms with Gasteiger partial charge in [0.15, 0.2) is 0 Å². The van der Waals surface area contributed by atoms with Crippen molar-refractivity contribution < 1.29 is 9.53 Å². The molecule has 0 unspecified atom stereocenters. The minimum absolute atomic E-state index is 0.429. The van der Waals surface area contributed by atoms with Crippen LogP contribution in [0.3, 0.4) is 0 Å². The first-order chi connectivity index (χ1) is 12.0. The second-order valence-corrected chi connectivity index (χ2v) is 6.68. The van der Waals surface area contributed by atoms with Crippen molar-refractivity contribution in [3.63, 3.8) is 0 Å². The Morgan fingerprint density at radius 2 is 1.80 bits per heavy atom. The summed E-state index contributed by atoms with van der Waals surface area (Å²) in [5.74, 6) is 1.04. The Bertz CT molecular complexity index is 666. The Kier molecular flexibility index (Phi) is 7.48. The van der Waals surface area contributed by atoms with Crippen molar-refractivity contribution in [1.82, 2.24) is 5.32 Å². The molecule has 0 fully saturated rings. The van der Waals surface area contributed by atoms with Crippen LogP contribution in [0.15, 0.2) is 48.5 Å². The number of rotatable bonds is 10. The van der Waals surface area contributed by atoms with Gasteiger partial charge < -0.3 is 15.8 Å². The van der Waals surface area contributed by atoms with Crippen LogP contribution in [-0.4, -0.2) is 19.0 Å². The maximum absolute atomic E-state index is 11.1. The Hall–Kier alpha value is -2.33. The van der Waals surface area contributed by atoms with E-state index in [4.69, 9.17) is 10.5 Å². The summed E-state index contributed by atoms with van der Waals surface area (Å²) in [5, 5.41) is 3.49. The molecule has 0 saturated carbocycles. The molecule has 4 nitrogen and oxygen atoms in total. The number of carbonyl (C=O) groups excluding carboxylic acids is 1. The molecular weight excluding hydrogens is 312 g/mol. The number of benzene rings is 2. The summed E-state index contributed by atoms with van der Waals surface area (Å²) in [6.45, 7) is 7.05. The maximum Gasteiger partial charge on any atom is 0.248 e. The summed E-state index contributed by atoms with van der Waals surface area (Å²) >= 11 is 0. The number of hydrogen-bond acceptors (Lipinski definition) is 3. The number of amides is 1. The van der Waals surface area contributed by atoms with Gasteiger partial charge in [0, 0.05) is 5.56 Å². The number of hydrogen-bond donors (Lipinski definition) is 2. The monoisotopic (exact) mass is 340 g/mol. The van der Waals surface area contributed by atoms with Crippen LogP contribution in [0, 0.1) is 5.92 Å². The zero-order chi connectivity index (χ0) is 18.1. The molecule has 3 N–H and O–H groups in total. The van der Waals surface area contributed by atoms with Gasteiger partial charge in [0.1, 0.15) is 12.4 Å². The van der Waals surface area contributed by atoms with Crippen LogP contribution in [0.2, 0.25) is 0 Å². The minimum atomic E-state index is -0.429. The smallest absolute Gasteiger partial charge is 0.248 e. The topological polar surface area (TPSA) is 64.3 Å². The number of nitrogens with one attached hydrogen (secondary N) is 1. The molecule has 0 bridgehead atoms. The van der Waals surface area contributed by atoms with Gasteiger partial charge in [-0.2, -0.15) is 0 Å². The van der Waals surface area contributed by atoms with Gasteiger partial charge in [-0.1, -0.05) is 38.1 Å². The first kappa shape index (κ1) is 19.0. The fourth-order valence-corrected chi connectivity index (χ4v) is 2.51. The lowest BCUT2D eigenvalue weighted by Crippen LogP contribution is -2.19. The highest BCUT2D eigenvalue weighted by atomic mass is 16.5. The van der Waals surface area contributed by atoms with Gasteiger partial charge in [-0.3, -0.25) is 4.79 Å². The second-order valence-electron chi connectivity index (χ2n) is 6.68. The molecule has 0 heterocycles. The van der Waals surface area contributed by atoms with E-state index in [0.717, 1.165) is 36.7 Å². The zero-order valence-electron chi connectivity index (χ0n) is 15.1. The maximum atomic E-state index is 11.1. The molecule has 0 aliphatic rings. The summed E-state index contributed by atoms with van der Waals surface area (Å²) in [6, 6.07) is 15.3. The van der Waals surface area contributed by atoms with Crippen LogP contribution >= 0.6 is 0 Å². The lowest BCUT2D eigenvalue weighted by atomic mass is 10.1. The quantitative estimate of drug-likeness (QED) is 0.650. The largest absolute Gasteiger partial charge is 0.489 e. The third kappa shape index (κ3) is 6.98. The van der Waals surface area contributed by atoms with Gasteiger partial charge in [0.05, 0.1) is 0 Å². The molecule has 0 saturated heterocycles. The summed E-state index contributed by atoms with van der Waals surface area (Å²) in [4.78, 5) is 11.1. The summed E-state index contributed by atoms with van der Waals surface area (Å²) in [7, 11) is 0. The van der Waals surface area contributed by atoms with Crippen LogP contribution in [0.25, 0.3) is 0 Å². The van der Waals surface area contributed by atoms with E-state index in [0.29, 0.717) is 12.2 Å². The fraction of sp³-hybridized carbons (Fsp3) is 0.381. The predicted molar refractivity (Wildman–Crippen MR) is 102 cm³/mol. The average Bonchev–Trinajstić information content (AvgIpc) is 2.60. The number of primary amides is 1. The Morgan fingerprint density at radius 1 is 1.08 bits per heavy atom. The molecule has 134 valence electrons. The van der Waals surface area contributed by atoms with Crippen molar-refractivity contribution in [2.45, 2.75) is 33.3 Å². The fourth-order valence-electron chi connectivity index (χ4n) is 2.51. The SMILES string of the molecule is CC(C)CCNCCc1cccc(COc2ccc(C(N)=O)cc2)c1. The Labute approximate surface area is 150 Å². The highest BCUT2D eigenvalue weighted by molar-refractivity contribution is 5.92. The zero-order valence-corrected chi connectivity index (χ0v) is 15.1. The molecule has 0 aliphatic heterocycles. The third-order valence-corrected chi connectivity index (χ3v) is 4.02. The van der Waals surface area contributed by atoms with Crippen molar-refractivity contribution in [2.75, 3.05) is 13.1 Å². The minimum Gasteiger partial charge on any atom is -0.489 e. The molecule has 2 aromatic carbocycles. The van der Waals surface area contributed by atoms with Gasteiger partial charge in [-0.25, -0.2) is 0 Å². The average molecular weight is 340 g/mol. The van der Waals surface area contributed by atoms with Crippen molar-refractivity contribution in [2.24, 2.45) is 11.7 Å². The van der Waals surface area contributed by atoms with Gasteiger partial charge in [-0.15, -0.1) is 0 Å².